The second-order valence-electron chi connectivity index (χ2n) is 10.7. The van der Waals surface area contributed by atoms with Crippen LogP contribution in [0.1, 0.15) is 42.1 Å². The highest BCUT2D eigenvalue weighted by Crippen LogP contribution is 2.38. The van der Waals surface area contributed by atoms with Gasteiger partial charge in [0.1, 0.15) is 24.1 Å². The number of anilines is 2. The van der Waals surface area contributed by atoms with E-state index in [-0.39, 0.29) is 5.91 Å². The summed E-state index contributed by atoms with van der Waals surface area (Å²) in [6.45, 7) is 6.81. The number of hydrogen-bond acceptors (Lipinski definition) is 7. The number of carbonyl (C=O) groups excluding carboxylic acids is 1. The summed E-state index contributed by atoms with van der Waals surface area (Å²) in [4.78, 5) is 18.9. The van der Waals surface area contributed by atoms with Crippen molar-refractivity contribution in [3.63, 3.8) is 0 Å². The van der Waals surface area contributed by atoms with Crippen LogP contribution in [0.4, 0.5) is 11.6 Å². The maximum Gasteiger partial charge on any atom is 0.255 e. The van der Waals surface area contributed by atoms with Gasteiger partial charge >= 0.3 is 0 Å². The van der Waals surface area contributed by atoms with Gasteiger partial charge in [0.05, 0.1) is 17.9 Å². The predicted octanol–water partition coefficient (Wildman–Crippen LogP) is 7.78. The SMILES string of the molecule is CCOc1ccccc1NC(=O)C1=C(C)Nc2nc(SCc3ccccc3)nn2C1c1cccc(OCc2ccccc2C)c1. The number of ether oxygens (including phenoxy) is 2. The maximum absolute atomic E-state index is 14.1. The number of allylic oxidation sites excluding steroid dienone is 1. The first-order valence-corrected chi connectivity index (χ1v) is 15.9. The van der Waals surface area contributed by atoms with Gasteiger partial charge in [-0.05, 0) is 67.3 Å². The molecule has 0 fully saturated rings. The molecule has 0 bridgehead atoms. The largest absolute Gasteiger partial charge is 0.492 e. The molecule has 9 heteroatoms. The zero-order valence-electron chi connectivity index (χ0n) is 25.5. The van der Waals surface area contributed by atoms with Crippen LogP contribution in [0.5, 0.6) is 11.5 Å². The highest BCUT2D eigenvalue weighted by Gasteiger charge is 2.35. The molecule has 6 rings (SSSR count). The Kier molecular flexibility index (Phi) is 9.17. The van der Waals surface area contributed by atoms with Gasteiger partial charge in [0.25, 0.3) is 5.91 Å². The summed E-state index contributed by atoms with van der Waals surface area (Å²) in [5.74, 6) is 2.35. The molecule has 45 heavy (non-hydrogen) atoms. The van der Waals surface area contributed by atoms with Crippen LogP contribution in [0, 0.1) is 6.92 Å². The van der Waals surface area contributed by atoms with Crippen molar-refractivity contribution in [2.45, 2.75) is 44.3 Å². The van der Waals surface area contributed by atoms with E-state index < -0.39 is 6.04 Å². The van der Waals surface area contributed by atoms with E-state index >= 15 is 0 Å². The lowest BCUT2D eigenvalue weighted by Crippen LogP contribution is -2.31. The van der Waals surface area contributed by atoms with Gasteiger partial charge in [0.15, 0.2) is 0 Å². The average Bonchev–Trinajstić information content (AvgIpc) is 3.46. The molecule has 228 valence electrons. The fraction of sp³-hybridized carbons (Fsp3) is 0.194. The molecular weight excluding hydrogens is 582 g/mol. The average molecular weight is 618 g/mol. The van der Waals surface area contributed by atoms with Crippen LogP contribution in [-0.2, 0) is 17.2 Å². The van der Waals surface area contributed by atoms with E-state index in [9.17, 15) is 4.79 Å². The number of nitrogens with one attached hydrogen (secondary N) is 2. The summed E-state index contributed by atoms with van der Waals surface area (Å²) in [6.07, 6.45) is 0. The van der Waals surface area contributed by atoms with Gasteiger partial charge in [-0.3, -0.25) is 4.79 Å². The van der Waals surface area contributed by atoms with Gasteiger partial charge in [-0.15, -0.1) is 5.10 Å². The van der Waals surface area contributed by atoms with E-state index in [1.165, 1.54) is 11.1 Å². The summed E-state index contributed by atoms with van der Waals surface area (Å²) >= 11 is 1.55. The van der Waals surface area contributed by atoms with Crippen LogP contribution in [-0.4, -0.2) is 27.3 Å². The molecule has 5 aromatic rings. The minimum absolute atomic E-state index is 0.261. The van der Waals surface area contributed by atoms with E-state index in [2.05, 4.69) is 41.8 Å². The minimum atomic E-state index is -0.555. The number of hydrogen-bond donors (Lipinski definition) is 2. The molecule has 2 heterocycles. The lowest BCUT2D eigenvalue weighted by molar-refractivity contribution is -0.113. The Morgan fingerprint density at radius 2 is 1.71 bits per heavy atom. The molecule has 1 aliphatic heterocycles. The van der Waals surface area contributed by atoms with E-state index in [1.54, 1.807) is 16.4 Å². The maximum atomic E-state index is 14.1. The highest BCUT2D eigenvalue weighted by atomic mass is 32.2. The second kappa shape index (κ2) is 13.7. The Labute approximate surface area is 267 Å². The zero-order chi connectivity index (χ0) is 31.2. The van der Waals surface area contributed by atoms with Crippen molar-refractivity contribution in [3.05, 3.63) is 137 Å². The van der Waals surface area contributed by atoms with Crippen LogP contribution in [0.3, 0.4) is 0 Å². The topological polar surface area (TPSA) is 90.3 Å². The molecule has 1 aliphatic rings. The number of para-hydroxylation sites is 2. The number of aromatic nitrogens is 3. The molecule has 0 saturated carbocycles. The molecule has 0 aliphatic carbocycles. The molecule has 4 aromatic carbocycles. The van der Waals surface area contributed by atoms with Crippen molar-refractivity contribution in [1.29, 1.82) is 0 Å². The van der Waals surface area contributed by atoms with Gasteiger partial charge < -0.3 is 20.1 Å². The fourth-order valence-electron chi connectivity index (χ4n) is 5.27. The molecule has 1 unspecified atom stereocenters. The zero-order valence-corrected chi connectivity index (χ0v) is 26.3. The summed E-state index contributed by atoms with van der Waals surface area (Å²) < 4.78 is 13.8. The third-order valence-electron chi connectivity index (χ3n) is 7.55. The number of benzene rings is 4. The van der Waals surface area contributed by atoms with Gasteiger partial charge in [-0.1, -0.05) is 90.6 Å². The first-order valence-electron chi connectivity index (χ1n) is 14.9. The number of rotatable bonds is 11. The van der Waals surface area contributed by atoms with Crippen molar-refractivity contribution >= 4 is 29.3 Å². The quantitative estimate of drug-likeness (QED) is 0.146. The lowest BCUT2D eigenvalue weighted by atomic mass is 9.94. The molecule has 1 amide bonds. The molecule has 0 saturated heterocycles. The van der Waals surface area contributed by atoms with Crippen molar-refractivity contribution < 1.29 is 14.3 Å². The van der Waals surface area contributed by atoms with Crippen LogP contribution >= 0.6 is 11.8 Å². The predicted molar refractivity (Wildman–Crippen MR) is 179 cm³/mol. The van der Waals surface area contributed by atoms with E-state index in [1.807, 2.05) is 92.7 Å². The molecule has 2 N–H and O–H groups in total. The van der Waals surface area contributed by atoms with Crippen molar-refractivity contribution in [1.82, 2.24) is 14.8 Å². The first kappa shape index (κ1) is 30.0. The molecule has 0 radical (unpaired) electrons. The number of fused-ring (bicyclic) bond motifs is 1. The number of carbonyl (C=O) groups is 1. The number of aryl methyl sites for hydroxylation is 1. The van der Waals surface area contributed by atoms with Crippen LogP contribution in [0.25, 0.3) is 0 Å². The Morgan fingerprint density at radius 1 is 0.933 bits per heavy atom. The smallest absolute Gasteiger partial charge is 0.255 e. The van der Waals surface area contributed by atoms with Crippen LogP contribution in [0.2, 0.25) is 0 Å². The number of nitrogens with zero attached hydrogens (tertiary/aromatic N) is 3. The van der Waals surface area contributed by atoms with Crippen molar-refractivity contribution in [3.8, 4) is 11.5 Å². The summed E-state index contributed by atoms with van der Waals surface area (Å²) in [5.41, 5.74) is 6.14. The molecule has 1 aromatic heterocycles. The van der Waals surface area contributed by atoms with E-state index in [0.29, 0.717) is 52.8 Å². The number of thioether (sulfide) groups is 1. The van der Waals surface area contributed by atoms with Crippen molar-refractivity contribution in [2.24, 2.45) is 0 Å². The third kappa shape index (κ3) is 6.89. The van der Waals surface area contributed by atoms with Gasteiger partial charge in [-0.25, -0.2) is 4.68 Å². The monoisotopic (exact) mass is 617 g/mol. The standard InChI is InChI=1S/C36H35N5O3S/c1-4-43-31-20-11-10-19-30(31)38-34(42)32-25(3)37-35-39-36(45-23-26-14-6-5-7-15-26)40-41(35)33(32)27-17-12-18-29(21-27)44-22-28-16-9-8-13-24(28)2/h5-21,33H,4,22-23H2,1-3H3,(H,38,42)(H,37,39,40). The van der Waals surface area contributed by atoms with Crippen LogP contribution in [0.15, 0.2) is 120 Å². The van der Waals surface area contributed by atoms with E-state index in [0.717, 1.165) is 16.9 Å². The summed E-state index contributed by atoms with van der Waals surface area (Å²) in [5, 5.41) is 11.9. The summed E-state index contributed by atoms with van der Waals surface area (Å²) in [6, 6.07) is 33.1. The highest BCUT2D eigenvalue weighted by molar-refractivity contribution is 7.98. The Morgan fingerprint density at radius 3 is 2.53 bits per heavy atom. The molecule has 8 nitrogen and oxygen atoms in total. The number of amides is 1. The Hall–Kier alpha value is -5.02. The Bertz CT molecular complexity index is 1840. The third-order valence-corrected chi connectivity index (χ3v) is 8.46. The molecular formula is C36H35N5O3S. The fourth-order valence-corrected chi connectivity index (χ4v) is 6.05. The first-order chi connectivity index (χ1) is 22.0. The summed E-state index contributed by atoms with van der Waals surface area (Å²) in [7, 11) is 0. The second-order valence-corrected chi connectivity index (χ2v) is 11.6. The van der Waals surface area contributed by atoms with Gasteiger partial charge in [-0.2, -0.15) is 4.98 Å². The lowest BCUT2D eigenvalue weighted by Gasteiger charge is -2.29. The van der Waals surface area contributed by atoms with Gasteiger partial charge in [0.2, 0.25) is 11.1 Å². The minimum Gasteiger partial charge on any atom is -0.492 e. The normalized spacial score (nSPS) is 14.0. The molecule has 1 atom stereocenters. The van der Waals surface area contributed by atoms with Crippen LogP contribution < -0.4 is 20.1 Å². The Balaban J connectivity index is 1.34. The van der Waals surface area contributed by atoms with Crippen molar-refractivity contribution in [2.75, 3.05) is 17.2 Å². The van der Waals surface area contributed by atoms with E-state index in [4.69, 9.17) is 19.6 Å². The van der Waals surface area contributed by atoms with Gasteiger partial charge in [0, 0.05) is 11.4 Å². The molecule has 0 spiro atoms.